The fraction of sp³-hybridized carbons (Fsp3) is 0.211. The Morgan fingerprint density at radius 3 is 2.53 bits per heavy atom. The van der Waals surface area contributed by atoms with Crippen molar-refractivity contribution in [1.82, 2.24) is 4.31 Å². The third-order valence-electron chi connectivity index (χ3n) is 4.79. The molecule has 3 aromatic rings. The van der Waals surface area contributed by atoms with Gasteiger partial charge in [0.15, 0.2) is 0 Å². The number of halogens is 2. The number of carboxylic acid groups (broad SMARTS) is 1. The number of hydrogen-bond donors (Lipinski definition) is 1. The molecule has 0 radical (unpaired) electrons. The topological polar surface area (TPSA) is 100 Å². The zero-order chi connectivity index (χ0) is 21.5. The summed E-state index contributed by atoms with van der Waals surface area (Å²) in [4.78, 5) is 12.6. The number of rotatable bonds is 4. The Bertz CT molecular complexity index is 1220. The van der Waals surface area contributed by atoms with Gasteiger partial charge in [-0.25, -0.2) is 17.6 Å². The summed E-state index contributed by atoms with van der Waals surface area (Å²) in [5.74, 6) is -0.736. The zero-order valence-electron chi connectivity index (χ0n) is 15.4. The first-order chi connectivity index (χ1) is 14.3. The van der Waals surface area contributed by atoms with E-state index in [4.69, 9.17) is 9.52 Å². The maximum absolute atomic E-state index is 13.4. The fourth-order valence-electron chi connectivity index (χ4n) is 3.37. The molecule has 0 spiro atoms. The monoisotopic (exact) mass is 498 g/mol. The van der Waals surface area contributed by atoms with Gasteiger partial charge in [0, 0.05) is 37.6 Å². The van der Waals surface area contributed by atoms with Crippen molar-refractivity contribution >= 4 is 48.8 Å². The molecular weight excluding hydrogens is 483 g/mol. The molecule has 11 heteroatoms. The summed E-state index contributed by atoms with van der Waals surface area (Å²) in [6.07, 6.45) is -1.47. The molecule has 0 amide bonds. The standard InChI is InChI=1S/C19H16BrFN2O6S/c20-18-14-11-17(29-19(24)25)28-16(14)5-4-15(18)22-6-8-23(9-7-22)30(26,27)13-3-1-2-12(21)10-13/h1-5,10-11H,6-9H2,(H,24,25). The molecule has 0 atom stereocenters. The van der Waals surface area contributed by atoms with E-state index in [9.17, 15) is 17.6 Å². The van der Waals surface area contributed by atoms with Crippen molar-refractivity contribution in [3.05, 3.63) is 52.8 Å². The highest BCUT2D eigenvalue weighted by Gasteiger charge is 2.29. The van der Waals surface area contributed by atoms with E-state index in [0.717, 1.165) is 11.8 Å². The summed E-state index contributed by atoms with van der Waals surface area (Å²) < 4.78 is 50.9. The number of sulfonamides is 1. The quantitative estimate of drug-likeness (QED) is 0.544. The number of benzene rings is 2. The van der Waals surface area contributed by atoms with Crippen molar-refractivity contribution in [2.24, 2.45) is 0 Å². The lowest BCUT2D eigenvalue weighted by molar-refractivity contribution is 0.134. The maximum Gasteiger partial charge on any atom is 0.513 e. The fourth-order valence-corrected chi connectivity index (χ4v) is 5.52. The molecule has 8 nitrogen and oxygen atoms in total. The Kier molecular flexibility index (Phi) is 5.43. The first-order valence-corrected chi connectivity index (χ1v) is 11.1. The van der Waals surface area contributed by atoms with Gasteiger partial charge in [-0.05, 0) is 46.3 Å². The molecule has 0 unspecified atom stereocenters. The summed E-state index contributed by atoms with van der Waals surface area (Å²) in [5, 5.41) is 9.37. The van der Waals surface area contributed by atoms with Crippen LogP contribution in [0.2, 0.25) is 0 Å². The molecular formula is C19H16BrFN2O6S. The van der Waals surface area contributed by atoms with Gasteiger partial charge in [0.25, 0.3) is 5.95 Å². The van der Waals surface area contributed by atoms with Crippen LogP contribution in [0.4, 0.5) is 14.9 Å². The Balaban J connectivity index is 1.53. The average molecular weight is 499 g/mol. The zero-order valence-corrected chi connectivity index (χ0v) is 17.8. The van der Waals surface area contributed by atoms with Crippen LogP contribution < -0.4 is 9.64 Å². The minimum Gasteiger partial charge on any atom is -0.449 e. The van der Waals surface area contributed by atoms with E-state index < -0.39 is 22.0 Å². The van der Waals surface area contributed by atoms with Gasteiger partial charge >= 0.3 is 6.16 Å². The molecule has 1 fully saturated rings. The van der Waals surface area contributed by atoms with E-state index in [0.29, 0.717) is 28.5 Å². The number of carbonyl (C=O) groups is 1. The lowest BCUT2D eigenvalue weighted by Gasteiger charge is -2.35. The highest BCUT2D eigenvalue weighted by Crippen LogP contribution is 2.38. The van der Waals surface area contributed by atoms with Crippen molar-refractivity contribution in [3.8, 4) is 5.95 Å². The molecule has 0 aliphatic carbocycles. The van der Waals surface area contributed by atoms with Crippen molar-refractivity contribution < 1.29 is 31.9 Å². The van der Waals surface area contributed by atoms with E-state index in [1.165, 1.54) is 28.6 Å². The Morgan fingerprint density at radius 2 is 1.87 bits per heavy atom. The lowest BCUT2D eigenvalue weighted by Crippen LogP contribution is -2.48. The molecule has 0 saturated carbocycles. The third kappa shape index (κ3) is 3.87. The lowest BCUT2D eigenvalue weighted by atomic mass is 10.2. The second kappa shape index (κ2) is 7.89. The maximum atomic E-state index is 13.4. The number of piperazine rings is 1. The largest absolute Gasteiger partial charge is 0.513 e. The van der Waals surface area contributed by atoms with Gasteiger partial charge in [-0.2, -0.15) is 4.31 Å². The van der Waals surface area contributed by atoms with Crippen molar-refractivity contribution in [2.45, 2.75) is 4.90 Å². The van der Waals surface area contributed by atoms with Crippen LogP contribution in [0.3, 0.4) is 0 Å². The molecule has 0 bridgehead atoms. The van der Waals surface area contributed by atoms with Crippen LogP contribution in [-0.2, 0) is 10.0 Å². The first kappa shape index (κ1) is 20.6. The molecule has 2 aromatic carbocycles. The summed E-state index contributed by atoms with van der Waals surface area (Å²) in [6.45, 7) is 1.33. The average Bonchev–Trinajstić information content (AvgIpc) is 3.11. The Hall–Kier alpha value is -2.63. The van der Waals surface area contributed by atoms with Crippen LogP contribution in [0, 0.1) is 5.82 Å². The Labute approximate surface area is 179 Å². The van der Waals surface area contributed by atoms with Crippen LogP contribution in [0.5, 0.6) is 5.95 Å². The predicted octanol–water partition coefficient (Wildman–Crippen LogP) is 3.90. The van der Waals surface area contributed by atoms with E-state index in [-0.39, 0.29) is 23.9 Å². The van der Waals surface area contributed by atoms with Crippen LogP contribution >= 0.6 is 15.9 Å². The summed E-state index contributed by atoms with van der Waals surface area (Å²) >= 11 is 3.52. The van der Waals surface area contributed by atoms with Gasteiger partial charge in [0.05, 0.1) is 15.1 Å². The molecule has 30 heavy (non-hydrogen) atoms. The van der Waals surface area contributed by atoms with Crippen LogP contribution in [0.1, 0.15) is 0 Å². The minimum atomic E-state index is -3.78. The summed E-state index contributed by atoms with van der Waals surface area (Å²) in [6, 6.07) is 9.94. The first-order valence-electron chi connectivity index (χ1n) is 8.89. The van der Waals surface area contributed by atoms with Crippen molar-refractivity contribution in [1.29, 1.82) is 0 Å². The van der Waals surface area contributed by atoms with E-state index in [1.807, 2.05) is 4.90 Å². The number of ether oxygens (including phenoxy) is 1. The highest BCUT2D eigenvalue weighted by atomic mass is 79.9. The van der Waals surface area contributed by atoms with Crippen molar-refractivity contribution in [2.75, 3.05) is 31.1 Å². The number of furan rings is 1. The smallest absolute Gasteiger partial charge is 0.449 e. The molecule has 1 aliphatic rings. The normalized spacial score (nSPS) is 15.5. The molecule has 1 N–H and O–H groups in total. The molecule has 1 saturated heterocycles. The minimum absolute atomic E-state index is 0.0668. The molecule has 1 aromatic heterocycles. The van der Waals surface area contributed by atoms with Gasteiger partial charge in [-0.1, -0.05) is 6.07 Å². The van der Waals surface area contributed by atoms with Gasteiger partial charge < -0.3 is 19.2 Å². The van der Waals surface area contributed by atoms with Crippen LogP contribution in [0.15, 0.2) is 56.2 Å². The third-order valence-corrected chi connectivity index (χ3v) is 7.52. The summed E-state index contributed by atoms with van der Waals surface area (Å²) in [7, 11) is -3.78. The van der Waals surface area contributed by atoms with E-state index in [1.54, 1.807) is 12.1 Å². The van der Waals surface area contributed by atoms with Gasteiger partial charge in [0.1, 0.15) is 11.4 Å². The van der Waals surface area contributed by atoms with Crippen LogP contribution in [0.25, 0.3) is 11.0 Å². The van der Waals surface area contributed by atoms with Crippen molar-refractivity contribution in [3.63, 3.8) is 0 Å². The van der Waals surface area contributed by atoms with E-state index in [2.05, 4.69) is 20.7 Å². The van der Waals surface area contributed by atoms with E-state index >= 15 is 0 Å². The van der Waals surface area contributed by atoms with Gasteiger partial charge in [-0.3, -0.25) is 0 Å². The number of anilines is 1. The SMILES string of the molecule is O=C(O)Oc1cc2c(Br)c(N3CCN(S(=O)(=O)c4cccc(F)c4)CC3)ccc2o1. The Morgan fingerprint density at radius 1 is 1.13 bits per heavy atom. The molecule has 4 rings (SSSR count). The van der Waals surface area contributed by atoms with Gasteiger partial charge in [-0.15, -0.1) is 0 Å². The van der Waals surface area contributed by atoms with Crippen LogP contribution in [-0.4, -0.2) is 50.2 Å². The molecule has 158 valence electrons. The predicted molar refractivity (Wildman–Crippen MR) is 110 cm³/mol. The molecule has 2 heterocycles. The number of fused-ring (bicyclic) bond motifs is 1. The number of nitrogens with zero attached hydrogens (tertiary/aromatic N) is 2. The second-order valence-electron chi connectivity index (χ2n) is 6.59. The second-order valence-corrected chi connectivity index (χ2v) is 9.32. The van der Waals surface area contributed by atoms with Gasteiger partial charge in [0.2, 0.25) is 10.0 Å². The number of hydrogen-bond acceptors (Lipinski definition) is 6. The summed E-state index contributed by atoms with van der Waals surface area (Å²) in [5.41, 5.74) is 1.27. The molecule has 1 aliphatic heterocycles. The highest BCUT2D eigenvalue weighted by molar-refractivity contribution is 9.10.